The maximum Gasteiger partial charge on any atom is 0.255 e. The van der Waals surface area contributed by atoms with Crippen LogP contribution in [0.1, 0.15) is 57.5 Å². The number of hydrogen-bond donors (Lipinski definition) is 2. The lowest BCUT2D eigenvalue weighted by Crippen LogP contribution is -2.51. The summed E-state index contributed by atoms with van der Waals surface area (Å²) >= 11 is 12.6. The Kier molecular flexibility index (Phi) is 8.27. The van der Waals surface area contributed by atoms with Crippen LogP contribution >= 0.6 is 23.2 Å². The number of rotatable bonds is 6. The second-order valence-corrected chi connectivity index (χ2v) is 9.75. The Balaban J connectivity index is 1.61. The average Bonchev–Trinajstić information content (AvgIpc) is 2.89. The Bertz CT molecular complexity index is 1300. The molecule has 2 unspecified atom stereocenters. The van der Waals surface area contributed by atoms with Gasteiger partial charge < -0.3 is 16.0 Å². The summed E-state index contributed by atoms with van der Waals surface area (Å²) in [5.41, 5.74) is 9.12. The highest BCUT2D eigenvalue weighted by molar-refractivity contribution is 6.31. The van der Waals surface area contributed by atoms with E-state index in [1.807, 2.05) is 0 Å². The summed E-state index contributed by atoms with van der Waals surface area (Å²) < 4.78 is 0. The van der Waals surface area contributed by atoms with Crippen molar-refractivity contribution in [3.8, 4) is 6.07 Å². The first kappa shape index (κ1) is 25.7. The van der Waals surface area contributed by atoms with E-state index in [1.165, 1.54) is 0 Å². The lowest BCUT2D eigenvalue weighted by Gasteiger charge is -2.38. The molecule has 6 nitrogen and oxygen atoms in total. The molecular weight excluding hydrogens is 495 g/mol. The second kappa shape index (κ2) is 11.6. The minimum absolute atomic E-state index is 0.148. The fraction of sp³-hybridized carbons (Fsp3) is 0.250. The van der Waals surface area contributed by atoms with Gasteiger partial charge in [0.1, 0.15) is 0 Å². The first-order chi connectivity index (χ1) is 17.4. The van der Waals surface area contributed by atoms with E-state index < -0.39 is 0 Å². The van der Waals surface area contributed by atoms with E-state index in [1.54, 1.807) is 71.6 Å². The molecule has 0 aliphatic heterocycles. The summed E-state index contributed by atoms with van der Waals surface area (Å²) in [4.78, 5) is 28.1. The molecule has 0 saturated heterocycles. The summed E-state index contributed by atoms with van der Waals surface area (Å²) in [7, 11) is 0. The fourth-order valence-corrected chi connectivity index (χ4v) is 4.88. The van der Waals surface area contributed by atoms with Gasteiger partial charge in [0, 0.05) is 45.5 Å². The Morgan fingerprint density at radius 1 is 1.00 bits per heavy atom. The fourth-order valence-electron chi connectivity index (χ4n) is 4.51. The zero-order valence-electron chi connectivity index (χ0n) is 19.6. The molecule has 184 valence electrons. The van der Waals surface area contributed by atoms with Crippen molar-refractivity contribution in [2.24, 2.45) is 5.73 Å². The highest BCUT2D eigenvalue weighted by Gasteiger charge is 2.32. The molecule has 1 aliphatic rings. The third kappa shape index (κ3) is 6.06. The molecule has 1 fully saturated rings. The van der Waals surface area contributed by atoms with Crippen LogP contribution in [0, 0.1) is 11.3 Å². The molecule has 0 bridgehead atoms. The van der Waals surface area contributed by atoms with Crippen LogP contribution in [0.3, 0.4) is 0 Å². The Labute approximate surface area is 220 Å². The predicted molar refractivity (Wildman–Crippen MR) is 142 cm³/mol. The van der Waals surface area contributed by atoms with Gasteiger partial charge in [0.2, 0.25) is 0 Å². The van der Waals surface area contributed by atoms with Gasteiger partial charge in [-0.1, -0.05) is 42.1 Å². The molecule has 4 rings (SSSR count). The SMILES string of the molecule is N#Cc1ccc(C(=O)N(Cc2cc(NC(=O)c3cccc(Cl)c3)ccc2Cl)C2CCCCC2N)cc1. The van der Waals surface area contributed by atoms with Crippen molar-refractivity contribution in [3.63, 3.8) is 0 Å². The van der Waals surface area contributed by atoms with E-state index in [0.717, 1.165) is 25.7 Å². The van der Waals surface area contributed by atoms with Crippen molar-refractivity contribution < 1.29 is 9.59 Å². The topological polar surface area (TPSA) is 99.2 Å². The van der Waals surface area contributed by atoms with Crippen LogP contribution in [0.2, 0.25) is 10.0 Å². The summed E-state index contributed by atoms with van der Waals surface area (Å²) in [5.74, 6) is -0.475. The zero-order valence-corrected chi connectivity index (χ0v) is 21.1. The first-order valence-corrected chi connectivity index (χ1v) is 12.5. The molecule has 0 radical (unpaired) electrons. The van der Waals surface area contributed by atoms with Gasteiger partial charge in [0.25, 0.3) is 11.8 Å². The van der Waals surface area contributed by atoms with Gasteiger partial charge in [0.15, 0.2) is 0 Å². The monoisotopic (exact) mass is 520 g/mol. The van der Waals surface area contributed by atoms with Gasteiger partial charge in [-0.15, -0.1) is 0 Å². The van der Waals surface area contributed by atoms with Gasteiger partial charge >= 0.3 is 0 Å². The molecule has 2 atom stereocenters. The number of nitrogens with two attached hydrogens (primary N) is 1. The number of hydrogen-bond acceptors (Lipinski definition) is 4. The summed E-state index contributed by atoms with van der Waals surface area (Å²) in [6.45, 7) is 0.233. The van der Waals surface area contributed by atoms with E-state index >= 15 is 0 Å². The Morgan fingerprint density at radius 3 is 2.44 bits per heavy atom. The van der Waals surface area contributed by atoms with Crippen LogP contribution in [-0.4, -0.2) is 28.8 Å². The highest BCUT2D eigenvalue weighted by Crippen LogP contribution is 2.29. The smallest absolute Gasteiger partial charge is 0.255 e. The second-order valence-electron chi connectivity index (χ2n) is 8.91. The minimum Gasteiger partial charge on any atom is -0.330 e. The number of nitrogens with zero attached hydrogens (tertiary/aromatic N) is 2. The number of anilines is 1. The molecule has 2 amide bonds. The number of carbonyl (C=O) groups is 2. The molecule has 0 spiro atoms. The molecule has 36 heavy (non-hydrogen) atoms. The molecule has 3 N–H and O–H groups in total. The summed E-state index contributed by atoms with van der Waals surface area (Å²) in [5, 5.41) is 12.9. The maximum atomic E-state index is 13.6. The summed E-state index contributed by atoms with van der Waals surface area (Å²) in [6, 6.07) is 20.2. The molecule has 0 heterocycles. The quantitative estimate of drug-likeness (QED) is 0.414. The lowest BCUT2D eigenvalue weighted by molar-refractivity contribution is 0.0583. The van der Waals surface area contributed by atoms with Crippen LogP contribution in [0.25, 0.3) is 0 Å². The van der Waals surface area contributed by atoms with Gasteiger partial charge in [-0.2, -0.15) is 5.26 Å². The third-order valence-corrected chi connectivity index (χ3v) is 7.04. The van der Waals surface area contributed by atoms with Crippen molar-refractivity contribution >= 4 is 40.7 Å². The van der Waals surface area contributed by atoms with Crippen molar-refractivity contribution in [1.29, 1.82) is 5.26 Å². The van der Waals surface area contributed by atoms with E-state index in [-0.39, 0.29) is 30.4 Å². The number of amides is 2. The van der Waals surface area contributed by atoms with E-state index in [0.29, 0.717) is 38.0 Å². The van der Waals surface area contributed by atoms with E-state index in [2.05, 4.69) is 11.4 Å². The van der Waals surface area contributed by atoms with Crippen molar-refractivity contribution in [2.45, 2.75) is 44.3 Å². The molecule has 8 heteroatoms. The highest BCUT2D eigenvalue weighted by atomic mass is 35.5. The van der Waals surface area contributed by atoms with Gasteiger partial charge in [-0.25, -0.2) is 0 Å². The number of nitrogens with one attached hydrogen (secondary N) is 1. The van der Waals surface area contributed by atoms with Crippen LogP contribution in [-0.2, 0) is 6.54 Å². The molecule has 1 saturated carbocycles. The Hall–Kier alpha value is -3.37. The summed E-state index contributed by atoms with van der Waals surface area (Å²) in [6.07, 6.45) is 3.65. The third-order valence-electron chi connectivity index (χ3n) is 6.43. The van der Waals surface area contributed by atoms with Gasteiger partial charge in [-0.05, 0) is 79.1 Å². The molecular formula is C28H26Cl2N4O2. The lowest BCUT2D eigenvalue weighted by atomic mass is 9.89. The van der Waals surface area contributed by atoms with Crippen LogP contribution < -0.4 is 11.1 Å². The average molecular weight is 521 g/mol. The van der Waals surface area contributed by atoms with Crippen LogP contribution in [0.4, 0.5) is 5.69 Å². The number of benzene rings is 3. The van der Waals surface area contributed by atoms with Crippen LogP contribution in [0.5, 0.6) is 0 Å². The molecule has 0 aromatic heterocycles. The number of nitriles is 1. The Morgan fingerprint density at radius 2 is 1.75 bits per heavy atom. The van der Waals surface area contributed by atoms with Crippen molar-refractivity contribution in [1.82, 2.24) is 4.90 Å². The number of carbonyl (C=O) groups excluding carboxylic acids is 2. The standard InChI is InChI=1S/C28H26Cl2N4O2/c29-22-5-3-4-20(14-22)27(35)33-23-12-13-24(30)21(15-23)17-34(26-7-2-1-6-25(26)32)28(36)19-10-8-18(16-31)9-11-19/h3-5,8-15,25-26H,1-2,6-7,17,32H2,(H,33,35). The van der Waals surface area contributed by atoms with E-state index in [9.17, 15) is 9.59 Å². The predicted octanol–water partition coefficient (Wildman–Crippen LogP) is 6.03. The van der Waals surface area contributed by atoms with Crippen molar-refractivity contribution in [3.05, 3.63) is 99.0 Å². The largest absolute Gasteiger partial charge is 0.330 e. The maximum absolute atomic E-state index is 13.6. The number of halogens is 2. The van der Waals surface area contributed by atoms with Crippen LogP contribution in [0.15, 0.2) is 66.7 Å². The van der Waals surface area contributed by atoms with E-state index in [4.69, 9.17) is 34.2 Å². The minimum atomic E-state index is -0.300. The van der Waals surface area contributed by atoms with Gasteiger partial charge in [0.05, 0.1) is 11.6 Å². The van der Waals surface area contributed by atoms with Gasteiger partial charge in [-0.3, -0.25) is 9.59 Å². The zero-order chi connectivity index (χ0) is 25.7. The molecule has 1 aliphatic carbocycles. The normalized spacial score (nSPS) is 17.2. The molecule has 3 aromatic rings. The first-order valence-electron chi connectivity index (χ1n) is 11.8. The van der Waals surface area contributed by atoms with Crippen molar-refractivity contribution in [2.75, 3.05) is 5.32 Å². The molecule has 3 aromatic carbocycles.